The van der Waals surface area contributed by atoms with Crippen molar-refractivity contribution in [1.82, 2.24) is 0 Å². The highest BCUT2D eigenvalue weighted by atomic mass is 79.9. The van der Waals surface area contributed by atoms with Gasteiger partial charge >= 0.3 is 0 Å². The quantitative estimate of drug-likeness (QED) is 0.674. The van der Waals surface area contributed by atoms with E-state index in [0.717, 1.165) is 15.9 Å². The minimum absolute atomic E-state index is 0.364. The number of thiophene rings is 1. The van der Waals surface area contributed by atoms with Gasteiger partial charge in [0, 0.05) is 5.56 Å². The SMILES string of the molecule is O=C(COc1c(F)cccc1F)c1cc(Br)sc1Br. The molecule has 1 aromatic heterocycles. The van der Waals surface area contributed by atoms with Crippen molar-refractivity contribution in [2.45, 2.75) is 0 Å². The van der Waals surface area contributed by atoms with Gasteiger partial charge in [0.1, 0.15) is 0 Å². The summed E-state index contributed by atoms with van der Waals surface area (Å²) in [6.45, 7) is -0.431. The van der Waals surface area contributed by atoms with E-state index in [9.17, 15) is 13.6 Å². The summed E-state index contributed by atoms with van der Waals surface area (Å²) in [5.41, 5.74) is 0.411. The Morgan fingerprint density at radius 2 is 1.89 bits per heavy atom. The van der Waals surface area contributed by atoms with Gasteiger partial charge in [-0.15, -0.1) is 11.3 Å². The minimum Gasteiger partial charge on any atom is -0.479 e. The molecule has 0 aliphatic carbocycles. The molecule has 0 aliphatic heterocycles. The third kappa shape index (κ3) is 3.40. The van der Waals surface area contributed by atoms with Crippen molar-refractivity contribution in [2.24, 2.45) is 0 Å². The molecule has 2 nitrogen and oxygen atoms in total. The van der Waals surface area contributed by atoms with Gasteiger partial charge in [-0.05, 0) is 50.1 Å². The number of hydrogen-bond acceptors (Lipinski definition) is 3. The second-order valence-corrected chi connectivity index (χ2v) is 7.25. The summed E-state index contributed by atoms with van der Waals surface area (Å²) in [6.07, 6.45) is 0. The van der Waals surface area contributed by atoms with Crippen LogP contribution < -0.4 is 4.74 Å². The molecule has 0 N–H and O–H groups in total. The maximum atomic E-state index is 13.3. The van der Waals surface area contributed by atoms with E-state index in [0.29, 0.717) is 9.35 Å². The molecule has 0 atom stereocenters. The van der Waals surface area contributed by atoms with Crippen LogP contribution in [0.1, 0.15) is 10.4 Å². The van der Waals surface area contributed by atoms with Crippen LogP contribution in [0, 0.1) is 11.6 Å². The first kappa shape index (κ1) is 14.6. The van der Waals surface area contributed by atoms with Gasteiger partial charge in [0.15, 0.2) is 24.0 Å². The molecule has 0 spiro atoms. The molecule has 1 aromatic carbocycles. The van der Waals surface area contributed by atoms with E-state index < -0.39 is 24.0 Å². The molecule has 0 saturated heterocycles. The standard InChI is InChI=1S/C12H6Br2F2O2S/c13-10-4-6(12(14)19-10)9(17)5-18-11-7(15)2-1-3-8(11)16/h1-4H,5H2. The third-order valence-corrected chi connectivity index (χ3v) is 4.56. The number of para-hydroxylation sites is 1. The van der Waals surface area contributed by atoms with Crippen LogP contribution in [0.3, 0.4) is 0 Å². The monoisotopic (exact) mass is 410 g/mol. The Hall–Kier alpha value is -0.790. The van der Waals surface area contributed by atoms with Gasteiger partial charge in [-0.25, -0.2) is 8.78 Å². The molecule has 1 heterocycles. The van der Waals surface area contributed by atoms with E-state index in [2.05, 4.69) is 31.9 Å². The lowest BCUT2D eigenvalue weighted by Gasteiger charge is -2.06. The number of ketones is 1. The predicted octanol–water partition coefficient (Wildman–Crippen LogP) is 4.81. The number of carbonyl (C=O) groups is 1. The van der Waals surface area contributed by atoms with E-state index in [4.69, 9.17) is 4.74 Å². The topological polar surface area (TPSA) is 26.3 Å². The molecular formula is C12H6Br2F2O2S. The lowest BCUT2D eigenvalue weighted by atomic mass is 10.2. The molecule has 0 aliphatic rings. The fourth-order valence-electron chi connectivity index (χ4n) is 1.37. The van der Waals surface area contributed by atoms with Crippen molar-refractivity contribution in [3.63, 3.8) is 0 Å². The van der Waals surface area contributed by atoms with Crippen LogP contribution in [-0.4, -0.2) is 12.4 Å². The molecule has 2 aromatic rings. The van der Waals surface area contributed by atoms with E-state index in [1.807, 2.05) is 0 Å². The second-order valence-electron chi connectivity index (χ2n) is 3.50. The number of benzene rings is 1. The van der Waals surface area contributed by atoms with Gasteiger partial charge in [0.05, 0.1) is 7.57 Å². The first-order chi connectivity index (χ1) is 8.99. The summed E-state index contributed by atoms with van der Waals surface area (Å²) in [5.74, 6) is -2.57. The molecule has 0 unspecified atom stereocenters. The highest BCUT2D eigenvalue weighted by Crippen LogP contribution is 2.32. The van der Waals surface area contributed by atoms with Crippen LogP contribution in [0.5, 0.6) is 5.75 Å². The minimum atomic E-state index is -0.835. The van der Waals surface area contributed by atoms with Crippen LogP contribution in [0.2, 0.25) is 0 Å². The van der Waals surface area contributed by atoms with Crippen molar-refractivity contribution >= 4 is 49.0 Å². The maximum Gasteiger partial charge on any atom is 0.202 e. The highest BCUT2D eigenvalue weighted by molar-refractivity contribution is 9.12. The van der Waals surface area contributed by atoms with Crippen molar-refractivity contribution in [2.75, 3.05) is 6.61 Å². The number of Topliss-reactive ketones (excluding diaryl/α,β-unsaturated/α-hetero) is 1. The average Bonchev–Trinajstić information content (AvgIpc) is 2.67. The summed E-state index contributed by atoms with van der Waals surface area (Å²) in [7, 11) is 0. The molecule has 2 rings (SSSR count). The van der Waals surface area contributed by atoms with Crippen molar-refractivity contribution in [3.05, 3.63) is 49.0 Å². The fraction of sp³-hybridized carbons (Fsp3) is 0.0833. The van der Waals surface area contributed by atoms with Crippen LogP contribution in [0.4, 0.5) is 8.78 Å². The molecule has 100 valence electrons. The summed E-state index contributed by atoms with van der Waals surface area (Å²) >= 11 is 7.82. The summed E-state index contributed by atoms with van der Waals surface area (Å²) in [5, 5.41) is 0. The van der Waals surface area contributed by atoms with Crippen LogP contribution in [-0.2, 0) is 0 Å². The number of hydrogen-bond donors (Lipinski definition) is 0. The highest BCUT2D eigenvalue weighted by Gasteiger charge is 2.16. The van der Waals surface area contributed by atoms with Crippen LogP contribution in [0.25, 0.3) is 0 Å². The largest absolute Gasteiger partial charge is 0.479 e. The van der Waals surface area contributed by atoms with Crippen LogP contribution in [0.15, 0.2) is 31.8 Å². The van der Waals surface area contributed by atoms with E-state index in [1.165, 1.54) is 17.4 Å². The van der Waals surface area contributed by atoms with Crippen molar-refractivity contribution in [3.8, 4) is 5.75 Å². The fourth-order valence-corrected chi connectivity index (χ4v) is 4.22. The molecule has 0 saturated carbocycles. The first-order valence-corrected chi connectivity index (χ1v) is 7.44. The van der Waals surface area contributed by atoms with Gasteiger partial charge in [-0.2, -0.15) is 0 Å². The molecule has 0 amide bonds. The number of rotatable bonds is 4. The van der Waals surface area contributed by atoms with E-state index >= 15 is 0 Å². The number of ether oxygens (including phenoxy) is 1. The Labute approximate surface area is 128 Å². The number of carbonyl (C=O) groups excluding carboxylic acids is 1. The molecule has 0 fully saturated rings. The molecule has 0 bridgehead atoms. The summed E-state index contributed by atoms with van der Waals surface area (Å²) in [6, 6.07) is 4.99. The van der Waals surface area contributed by atoms with E-state index in [-0.39, 0.29) is 5.78 Å². The molecule has 0 radical (unpaired) electrons. The van der Waals surface area contributed by atoms with Gasteiger partial charge in [-0.1, -0.05) is 6.07 Å². The van der Waals surface area contributed by atoms with Gasteiger partial charge in [0.2, 0.25) is 5.78 Å². The smallest absolute Gasteiger partial charge is 0.202 e. The Morgan fingerprint density at radius 3 is 2.42 bits per heavy atom. The Bertz CT molecular complexity index is 608. The molecule has 19 heavy (non-hydrogen) atoms. The predicted molar refractivity (Wildman–Crippen MR) is 75.9 cm³/mol. The Morgan fingerprint density at radius 1 is 1.26 bits per heavy atom. The lowest BCUT2D eigenvalue weighted by Crippen LogP contribution is -2.12. The second kappa shape index (κ2) is 6.11. The summed E-state index contributed by atoms with van der Waals surface area (Å²) < 4.78 is 32.9. The number of halogens is 4. The third-order valence-electron chi connectivity index (χ3n) is 2.22. The van der Waals surface area contributed by atoms with Crippen molar-refractivity contribution < 1.29 is 18.3 Å². The summed E-state index contributed by atoms with van der Waals surface area (Å²) in [4.78, 5) is 11.9. The van der Waals surface area contributed by atoms with Crippen molar-refractivity contribution in [1.29, 1.82) is 0 Å². The lowest BCUT2D eigenvalue weighted by molar-refractivity contribution is 0.0915. The first-order valence-electron chi connectivity index (χ1n) is 5.04. The molecule has 7 heteroatoms. The van der Waals surface area contributed by atoms with Gasteiger partial charge < -0.3 is 4.74 Å². The normalized spacial score (nSPS) is 10.5. The Kier molecular flexibility index (Phi) is 4.70. The van der Waals surface area contributed by atoms with Gasteiger partial charge in [-0.3, -0.25) is 4.79 Å². The maximum absolute atomic E-state index is 13.3. The van der Waals surface area contributed by atoms with Gasteiger partial charge in [0.25, 0.3) is 0 Å². The zero-order chi connectivity index (χ0) is 14.0. The zero-order valence-electron chi connectivity index (χ0n) is 9.25. The molecular weight excluding hydrogens is 406 g/mol. The average molecular weight is 412 g/mol. The Balaban J connectivity index is 2.11. The van der Waals surface area contributed by atoms with E-state index in [1.54, 1.807) is 6.07 Å². The van der Waals surface area contributed by atoms with Crippen LogP contribution >= 0.6 is 43.2 Å². The zero-order valence-corrected chi connectivity index (χ0v) is 13.2.